The molecule has 0 aliphatic rings. The van der Waals surface area contributed by atoms with Gasteiger partial charge in [-0.2, -0.15) is 13.2 Å². The molecular weight excluding hydrogens is 195 g/mol. The fourth-order valence-corrected chi connectivity index (χ4v) is 0.743. The second-order valence-corrected chi connectivity index (χ2v) is 2.58. The van der Waals surface area contributed by atoms with E-state index in [1.165, 1.54) is 19.9 Å². The average molecular weight is 207 g/mol. The molecule has 0 aromatic heterocycles. The van der Waals surface area contributed by atoms with Gasteiger partial charge in [0.1, 0.15) is 0 Å². The minimum Gasteiger partial charge on any atom is -0.353 e. The van der Waals surface area contributed by atoms with Gasteiger partial charge in [-0.25, -0.2) is 0 Å². The Hall–Kier alpha value is -1.26. The third kappa shape index (κ3) is 5.40. The van der Waals surface area contributed by atoms with Crippen LogP contribution >= 0.6 is 0 Å². The van der Waals surface area contributed by atoms with Gasteiger partial charge in [-0.3, -0.25) is 4.79 Å². The van der Waals surface area contributed by atoms with Crippen molar-refractivity contribution in [2.75, 3.05) is 6.54 Å². The summed E-state index contributed by atoms with van der Waals surface area (Å²) in [5.74, 6) is -0.274. The molecule has 1 amide bonds. The van der Waals surface area contributed by atoms with Gasteiger partial charge in [0, 0.05) is 13.5 Å². The van der Waals surface area contributed by atoms with Crippen molar-refractivity contribution in [3.63, 3.8) is 0 Å². The molecule has 0 aliphatic carbocycles. The summed E-state index contributed by atoms with van der Waals surface area (Å²) in [4.78, 5) is 10.4. The van der Waals surface area contributed by atoms with Crippen LogP contribution in [0.3, 0.4) is 0 Å². The van der Waals surface area contributed by atoms with Gasteiger partial charge in [0.05, 0.1) is 5.57 Å². The van der Waals surface area contributed by atoms with E-state index in [9.17, 15) is 18.0 Å². The number of nitrogens with one attached hydrogen (secondary N) is 1. The molecule has 0 spiro atoms. The third-order valence-electron chi connectivity index (χ3n) is 1.40. The molecule has 0 aromatic carbocycles. The van der Waals surface area contributed by atoms with E-state index < -0.39 is 11.7 Å². The van der Waals surface area contributed by atoms with Crippen molar-refractivity contribution in [1.82, 2.24) is 5.32 Å². The Morgan fingerprint density at radius 1 is 1.43 bits per heavy atom. The summed E-state index contributed by atoms with van der Waals surface area (Å²) in [5.41, 5.74) is -0.720. The number of amides is 1. The number of hydrogen-bond donors (Lipinski definition) is 1. The summed E-state index contributed by atoms with van der Waals surface area (Å²) < 4.78 is 36.3. The van der Waals surface area contributed by atoms with Gasteiger partial charge < -0.3 is 5.32 Å². The molecule has 0 aliphatic heterocycles. The van der Waals surface area contributed by atoms with Gasteiger partial charge in [-0.15, -0.1) is 0 Å². The predicted molar refractivity (Wildman–Crippen MR) is 47.6 cm³/mol. The fourth-order valence-electron chi connectivity index (χ4n) is 0.743. The molecule has 80 valence electrons. The van der Waals surface area contributed by atoms with Crippen molar-refractivity contribution in [3.8, 4) is 0 Å². The molecule has 0 saturated heterocycles. The average Bonchev–Trinajstić information content (AvgIpc) is 2.01. The van der Waals surface area contributed by atoms with Crippen LogP contribution in [-0.2, 0) is 4.79 Å². The summed E-state index contributed by atoms with van der Waals surface area (Å²) >= 11 is 0. The van der Waals surface area contributed by atoms with Gasteiger partial charge in [0.25, 0.3) is 0 Å². The van der Waals surface area contributed by atoms with Crippen LogP contribution in [0.4, 0.5) is 13.2 Å². The summed E-state index contributed by atoms with van der Waals surface area (Å²) in [6.45, 7) is 2.71. The molecule has 1 N–H and O–H groups in total. The minimum atomic E-state index is -4.33. The summed E-state index contributed by atoms with van der Waals surface area (Å²) in [5, 5.41) is 2.36. The van der Waals surface area contributed by atoms with E-state index in [-0.39, 0.29) is 12.5 Å². The summed E-state index contributed by atoms with van der Waals surface area (Å²) in [6.07, 6.45) is -1.16. The molecule has 0 fully saturated rings. The molecule has 0 unspecified atom stereocenters. The summed E-state index contributed by atoms with van der Waals surface area (Å²) in [7, 11) is 0. The summed E-state index contributed by atoms with van der Waals surface area (Å²) in [6, 6.07) is 0. The number of carbonyl (C=O) groups is 1. The highest BCUT2D eigenvalue weighted by Gasteiger charge is 2.30. The van der Waals surface area contributed by atoms with Crippen LogP contribution in [0.25, 0.3) is 0 Å². The zero-order chi connectivity index (χ0) is 11.2. The van der Waals surface area contributed by atoms with E-state index in [0.717, 1.165) is 12.2 Å². The van der Waals surface area contributed by atoms with Crippen LogP contribution in [0.2, 0.25) is 0 Å². The van der Waals surface area contributed by atoms with Gasteiger partial charge in [-0.1, -0.05) is 18.2 Å². The van der Waals surface area contributed by atoms with E-state index in [0.29, 0.717) is 0 Å². The number of halogens is 3. The molecule has 0 rings (SSSR count). The van der Waals surface area contributed by atoms with Crippen molar-refractivity contribution >= 4 is 5.91 Å². The van der Waals surface area contributed by atoms with Crippen molar-refractivity contribution in [2.45, 2.75) is 20.0 Å². The third-order valence-corrected chi connectivity index (χ3v) is 1.40. The van der Waals surface area contributed by atoms with Gasteiger partial charge in [0.2, 0.25) is 5.91 Å². The lowest BCUT2D eigenvalue weighted by Gasteiger charge is -2.06. The van der Waals surface area contributed by atoms with Crippen molar-refractivity contribution in [1.29, 1.82) is 0 Å². The molecule has 0 bridgehead atoms. The monoisotopic (exact) mass is 207 g/mol. The largest absolute Gasteiger partial charge is 0.416 e. The first-order valence-electron chi connectivity index (χ1n) is 4.02. The maximum Gasteiger partial charge on any atom is 0.416 e. The molecule has 2 nitrogen and oxygen atoms in total. The fraction of sp³-hybridized carbons (Fsp3) is 0.444. The number of alkyl halides is 3. The van der Waals surface area contributed by atoms with Gasteiger partial charge >= 0.3 is 6.18 Å². The molecule has 0 saturated carbocycles. The topological polar surface area (TPSA) is 29.1 Å². The molecular formula is C9H12F3NO. The number of carbonyl (C=O) groups excluding carboxylic acids is 1. The Balaban J connectivity index is 4.15. The molecule has 5 heteroatoms. The molecule has 14 heavy (non-hydrogen) atoms. The minimum absolute atomic E-state index is 0.1000. The molecule has 0 atom stereocenters. The van der Waals surface area contributed by atoms with Gasteiger partial charge in [0.15, 0.2) is 0 Å². The van der Waals surface area contributed by atoms with E-state index in [4.69, 9.17) is 0 Å². The van der Waals surface area contributed by atoms with Crippen LogP contribution in [0.5, 0.6) is 0 Å². The second-order valence-electron chi connectivity index (χ2n) is 2.58. The smallest absolute Gasteiger partial charge is 0.353 e. The van der Waals surface area contributed by atoms with E-state index >= 15 is 0 Å². The van der Waals surface area contributed by atoms with Crippen LogP contribution < -0.4 is 5.32 Å². The lowest BCUT2D eigenvalue weighted by atomic mass is 10.2. The normalized spacial score (nSPS) is 13.4. The first kappa shape index (κ1) is 12.7. The first-order chi connectivity index (χ1) is 6.38. The second kappa shape index (κ2) is 5.47. The highest BCUT2D eigenvalue weighted by Crippen LogP contribution is 2.25. The van der Waals surface area contributed by atoms with Crippen LogP contribution in [-0.4, -0.2) is 18.6 Å². The van der Waals surface area contributed by atoms with E-state index in [1.54, 1.807) is 0 Å². The quantitative estimate of drug-likeness (QED) is 0.706. The van der Waals surface area contributed by atoms with Crippen molar-refractivity contribution < 1.29 is 18.0 Å². The number of hydrogen-bond acceptors (Lipinski definition) is 1. The van der Waals surface area contributed by atoms with Gasteiger partial charge in [-0.05, 0) is 6.92 Å². The highest BCUT2D eigenvalue weighted by atomic mass is 19.4. The van der Waals surface area contributed by atoms with Crippen molar-refractivity contribution in [3.05, 3.63) is 23.8 Å². The molecule has 0 radical (unpaired) electrons. The zero-order valence-corrected chi connectivity index (χ0v) is 7.98. The Labute approximate surface area is 80.5 Å². The van der Waals surface area contributed by atoms with Crippen LogP contribution in [0, 0.1) is 0 Å². The first-order valence-corrected chi connectivity index (χ1v) is 4.02. The Kier molecular flexibility index (Phi) is 4.97. The Morgan fingerprint density at radius 2 is 2.00 bits per heavy atom. The predicted octanol–water partition coefficient (Wildman–Crippen LogP) is 2.19. The van der Waals surface area contributed by atoms with Crippen molar-refractivity contribution in [2.24, 2.45) is 0 Å². The number of rotatable bonds is 3. The SMILES string of the molecule is C/C=C(\C=C/CNC(C)=O)C(F)(F)F. The standard InChI is InChI=1S/C9H12F3NO/c1-3-8(9(10,11)12)5-4-6-13-7(2)14/h3-5H,6H2,1-2H3,(H,13,14)/b5-4-,8-3+. The molecule has 0 aromatic rings. The number of allylic oxidation sites excluding steroid dienone is 3. The maximum absolute atomic E-state index is 12.1. The lowest BCUT2D eigenvalue weighted by Crippen LogP contribution is -2.19. The molecule has 0 heterocycles. The Morgan fingerprint density at radius 3 is 2.36 bits per heavy atom. The van der Waals surface area contributed by atoms with E-state index in [2.05, 4.69) is 5.32 Å². The van der Waals surface area contributed by atoms with Crippen LogP contribution in [0.15, 0.2) is 23.8 Å². The zero-order valence-electron chi connectivity index (χ0n) is 7.98. The van der Waals surface area contributed by atoms with E-state index in [1.807, 2.05) is 0 Å². The Bertz CT molecular complexity index is 253. The van der Waals surface area contributed by atoms with Crippen LogP contribution in [0.1, 0.15) is 13.8 Å². The maximum atomic E-state index is 12.1. The lowest BCUT2D eigenvalue weighted by molar-refractivity contribution is -0.118. The highest BCUT2D eigenvalue weighted by molar-refractivity contribution is 5.72.